The number of carbonyl (C=O) groups is 3. The van der Waals surface area contributed by atoms with Gasteiger partial charge in [-0.1, -0.05) is 42.3 Å². The zero-order valence-corrected chi connectivity index (χ0v) is 24.2. The van der Waals surface area contributed by atoms with Gasteiger partial charge in [-0.15, -0.1) is 0 Å². The number of nitrogens with one attached hydrogen (secondary N) is 1. The lowest BCUT2D eigenvalue weighted by Gasteiger charge is -2.43. The van der Waals surface area contributed by atoms with Crippen LogP contribution in [0.15, 0.2) is 42.5 Å². The summed E-state index contributed by atoms with van der Waals surface area (Å²) in [4.78, 5) is 42.6. The van der Waals surface area contributed by atoms with Gasteiger partial charge in [-0.25, -0.2) is 0 Å². The van der Waals surface area contributed by atoms with E-state index < -0.39 is 0 Å². The summed E-state index contributed by atoms with van der Waals surface area (Å²) in [6, 6.07) is 13.8. The Morgan fingerprint density at radius 1 is 1.02 bits per heavy atom. The van der Waals surface area contributed by atoms with Crippen LogP contribution in [-0.2, 0) is 20.8 Å². The van der Waals surface area contributed by atoms with Crippen molar-refractivity contribution in [1.29, 1.82) is 0 Å². The standard InChI is InChI=1S/C32H40ClN3O4/c1-23-11-12-26(20-27(23)33)36-21-25(19-30(36)38)31(39)35-16-14-32(15-17-35)13-5-4-8-24-7-2-3-9-28(24)40-18-6-10-29(37)34-22-32/h2-3,7,9,11-12,20,25H,4-6,8,10,13-19,21-22H2,1H3,(H,34,37). The fourth-order valence-corrected chi connectivity index (χ4v) is 6.48. The molecule has 5 rings (SSSR count). The molecule has 2 fully saturated rings. The number of hydrogen-bond acceptors (Lipinski definition) is 4. The lowest BCUT2D eigenvalue weighted by molar-refractivity contribution is -0.138. The second kappa shape index (κ2) is 12.6. The minimum atomic E-state index is -0.340. The second-order valence-corrected chi connectivity index (χ2v) is 12.1. The van der Waals surface area contributed by atoms with E-state index in [1.807, 2.05) is 36.1 Å². The summed E-state index contributed by atoms with van der Waals surface area (Å²) in [7, 11) is 0. The van der Waals surface area contributed by atoms with Crippen molar-refractivity contribution in [2.45, 2.75) is 64.7 Å². The molecule has 1 atom stereocenters. The number of likely N-dealkylation sites (tertiary alicyclic amines) is 1. The third kappa shape index (κ3) is 6.63. The van der Waals surface area contributed by atoms with Crippen LogP contribution in [0.25, 0.3) is 0 Å². The van der Waals surface area contributed by atoms with Crippen LogP contribution in [0.5, 0.6) is 5.75 Å². The summed E-state index contributed by atoms with van der Waals surface area (Å²) < 4.78 is 5.97. The molecule has 8 heteroatoms. The van der Waals surface area contributed by atoms with Crippen molar-refractivity contribution >= 4 is 35.0 Å². The maximum absolute atomic E-state index is 13.5. The highest BCUT2D eigenvalue weighted by Crippen LogP contribution is 2.38. The van der Waals surface area contributed by atoms with E-state index in [0.29, 0.717) is 50.7 Å². The van der Waals surface area contributed by atoms with Crippen LogP contribution < -0.4 is 15.0 Å². The maximum Gasteiger partial charge on any atom is 0.228 e. The van der Waals surface area contributed by atoms with Gasteiger partial charge in [-0.2, -0.15) is 0 Å². The van der Waals surface area contributed by atoms with E-state index in [0.717, 1.165) is 55.5 Å². The highest BCUT2D eigenvalue weighted by Gasteiger charge is 2.41. The largest absolute Gasteiger partial charge is 0.493 e. The van der Waals surface area contributed by atoms with Crippen molar-refractivity contribution < 1.29 is 19.1 Å². The molecule has 1 spiro atoms. The highest BCUT2D eigenvalue weighted by molar-refractivity contribution is 6.31. The Labute approximate surface area is 242 Å². The van der Waals surface area contributed by atoms with Gasteiger partial charge in [0.2, 0.25) is 17.7 Å². The first kappa shape index (κ1) is 28.5. The predicted molar refractivity (Wildman–Crippen MR) is 157 cm³/mol. The number of amides is 3. The molecule has 7 nitrogen and oxygen atoms in total. The molecule has 3 aliphatic rings. The van der Waals surface area contributed by atoms with Gasteiger partial charge in [0, 0.05) is 49.7 Å². The monoisotopic (exact) mass is 565 g/mol. The molecule has 3 heterocycles. The van der Waals surface area contributed by atoms with Gasteiger partial charge in [-0.05, 0) is 80.2 Å². The first-order chi connectivity index (χ1) is 19.3. The van der Waals surface area contributed by atoms with E-state index in [-0.39, 0.29) is 35.5 Å². The highest BCUT2D eigenvalue weighted by atomic mass is 35.5. The molecule has 0 saturated carbocycles. The Morgan fingerprint density at radius 3 is 2.62 bits per heavy atom. The number of nitrogens with zero attached hydrogens (tertiary/aromatic N) is 2. The number of aryl methyl sites for hydroxylation is 2. The Bertz CT molecular complexity index is 1240. The number of benzene rings is 2. The fraction of sp³-hybridized carbons (Fsp3) is 0.531. The van der Waals surface area contributed by atoms with Crippen molar-refractivity contribution in [1.82, 2.24) is 10.2 Å². The molecule has 1 unspecified atom stereocenters. The third-order valence-electron chi connectivity index (χ3n) is 8.92. The number of fused-ring (bicyclic) bond motifs is 1. The fourth-order valence-electron chi connectivity index (χ4n) is 6.30. The van der Waals surface area contributed by atoms with Crippen molar-refractivity contribution in [3.05, 3.63) is 58.6 Å². The summed E-state index contributed by atoms with van der Waals surface area (Å²) >= 11 is 6.29. The van der Waals surface area contributed by atoms with E-state index in [9.17, 15) is 14.4 Å². The number of ether oxygens (including phenoxy) is 1. The molecule has 0 radical (unpaired) electrons. The molecule has 214 valence electrons. The van der Waals surface area contributed by atoms with Crippen LogP contribution in [0.1, 0.15) is 62.5 Å². The van der Waals surface area contributed by atoms with E-state index >= 15 is 0 Å². The van der Waals surface area contributed by atoms with Crippen LogP contribution in [0.4, 0.5) is 5.69 Å². The number of anilines is 1. The normalized spacial score (nSPS) is 22.3. The van der Waals surface area contributed by atoms with Gasteiger partial charge in [0.05, 0.1) is 12.5 Å². The molecule has 0 aliphatic carbocycles. The first-order valence-corrected chi connectivity index (χ1v) is 15.0. The van der Waals surface area contributed by atoms with Gasteiger partial charge < -0.3 is 19.9 Å². The van der Waals surface area contributed by atoms with Gasteiger partial charge in [-0.3, -0.25) is 14.4 Å². The number of halogens is 1. The number of para-hydroxylation sites is 1. The SMILES string of the molecule is Cc1ccc(N2CC(C(=O)N3CCC4(CCCCc5ccccc5OCCCC(=O)NC4)CC3)CC2=O)cc1Cl. The van der Waals surface area contributed by atoms with Crippen molar-refractivity contribution in [2.75, 3.05) is 37.7 Å². The molecule has 40 heavy (non-hydrogen) atoms. The zero-order valence-electron chi connectivity index (χ0n) is 23.4. The number of piperidine rings is 1. The number of carbonyl (C=O) groups excluding carboxylic acids is 3. The van der Waals surface area contributed by atoms with Gasteiger partial charge in [0.15, 0.2) is 0 Å². The summed E-state index contributed by atoms with van der Waals surface area (Å²) in [6.45, 7) is 4.82. The molecular formula is C32H40ClN3O4. The summed E-state index contributed by atoms with van der Waals surface area (Å²) in [5.74, 6) is 0.675. The van der Waals surface area contributed by atoms with E-state index in [4.69, 9.17) is 16.3 Å². The summed E-state index contributed by atoms with van der Waals surface area (Å²) in [5.41, 5.74) is 2.92. The molecule has 1 N–H and O–H groups in total. The van der Waals surface area contributed by atoms with Crippen LogP contribution >= 0.6 is 11.6 Å². The Morgan fingerprint density at radius 2 is 1.82 bits per heavy atom. The van der Waals surface area contributed by atoms with Gasteiger partial charge in [0.1, 0.15) is 5.75 Å². The van der Waals surface area contributed by atoms with E-state index in [2.05, 4.69) is 17.4 Å². The van der Waals surface area contributed by atoms with Crippen molar-refractivity contribution in [3.8, 4) is 5.75 Å². The van der Waals surface area contributed by atoms with Crippen LogP contribution in [0.2, 0.25) is 5.02 Å². The van der Waals surface area contributed by atoms with Crippen molar-refractivity contribution in [3.63, 3.8) is 0 Å². The minimum absolute atomic E-state index is 0.0112. The molecule has 0 aromatic heterocycles. The van der Waals surface area contributed by atoms with E-state index in [1.165, 1.54) is 5.56 Å². The van der Waals surface area contributed by atoms with E-state index in [1.54, 1.807) is 11.0 Å². The number of hydrogen-bond donors (Lipinski definition) is 1. The maximum atomic E-state index is 13.5. The molecule has 3 amide bonds. The Balaban J connectivity index is 1.20. The third-order valence-corrected chi connectivity index (χ3v) is 9.33. The average molecular weight is 566 g/mol. The molecule has 3 aliphatic heterocycles. The van der Waals surface area contributed by atoms with Gasteiger partial charge in [0.25, 0.3) is 0 Å². The summed E-state index contributed by atoms with van der Waals surface area (Å²) in [5, 5.41) is 3.81. The zero-order chi connectivity index (χ0) is 28.1. The Hall–Kier alpha value is -3.06. The minimum Gasteiger partial charge on any atom is -0.493 e. The quantitative estimate of drug-likeness (QED) is 0.535. The first-order valence-electron chi connectivity index (χ1n) is 14.7. The van der Waals surface area contributed by atoms with Crippen LogP contribution in [-0.4, -0.2) is 55.4 Å². The van der Waals surface area contributed by atoms with Gasteiger partial charge >= 0.3 is 0 Å². The molecule has 2 saturated heterocycles. The average Bonchev–Trinajstić information content (AvgIpc) is 3.35. The van der Waals surface area contributed by atoms with Crippen molar-refractivity contribution in [2.24, 2.45) is 11.3 Å². The lowest BCUT2D eigenvalue weighted by atomic mass is 9.74. The molecule has 2 aromatic rings. The molecule has 0 bridgehead atoms. The lowest BCUT2D eigenvalue weighted by Crippen LogP contribution is -2.49. The topological polar surface area (TPSA) is 79.0 Å². The Kier molecular flexibility index (Phi) is 8.99. The molecular weight excluding hydrogens is 526 g/mol. The summed E-state index contributed by atoms with van der Waals surface area (Å²) in [6.07, 6.45) is 7.18. The predicted octanol–water partition coefficient (Wildman–Crippen LogP) is 5.31. The second-order valence-electron chi connectivity index (χ2n) is 11.7. The number of rotatable bonds is 2. The smallest absolute Gasteiger partial charge is 0.228 e. The molecule has 2 aromatic carbocycles. The van der Waals surface area contributed by atoms with Crippen LogP contribution in [0, 0.1) is 18.3 Å². The van der Waals surface area contributed by atoms with Crippen LogP contribution in [0.3, 0.4) is 0 Å².